The molecule has 1 amide bonds. The summed E-state index contributed by atoms with van der Waals surface area (Å²) in [7, 11) is 0. The second-order valence-electron chi connectivity index (χ2n) is 9.30. The van der Waals surface area contributed by atoms with E-state index in [1.807, 2.05) is 11.1 Å². The first-order valence-corrected chi connectivity index (χ1v) is 11.8. The van der Waals surface area contributed by atoms with Crippen LogP contribution in [0.3, 0.4) is 0 Å². The second-order valence-corrected chi connectivity index (χ2v) is 9.30. The van der Waals surface area contributed by atoms with E-state index in [-0.39, 0.29) is 0 Å². The van der Waals surface area contributed by atoms with Gasteiger partial charge in [-0.05, 0) is 81.5 Å². The third-order valence-electron chi connectivity index (χ3n) is 6.82. The molecule has 2 aliphatic heterocycles. The van der Waals surface area contributed by atoms with E-state index in [1.54, 1.807) is 6.20 Å². The number of carbonyl (C=O) groups excluding carboxylic acids is 1. The molecule has 2 heterocycles. The first-order valence-electron chi connectivity index (χ1n) is 11.8. The molecule has 0 bridgehead atoms. The van der Waals surface area contributed by atoms with E-state index >= 15 is 0 Å². The molecule has 166 valence electrons. The standard InChI is InChI=1S/C26H36N4O/c1-18(2)30-19(3)8-11-24-23(6-4-14-29-15-5-7-26(29)31)22(12-13-25(24)30)20(16-27)17-28-21-9-10-21/h12-13,16-17,19,21H,1,4-11,14-15,27H2,2-3H3. The molecular formula is C26H36N4O. The van der Waals surface area contributed by atoms with Crippen LogP contribution in [-0.4, -0.2) is 42.2 Å². The van der Waals surface area contributed by atoms with Gasteiger partial charge in [0.1, 0.15) is 0 Å². The normalized spacial score (nSPS) is 21.8. The Hall–Kier alpha value is -2.56. The number of hydrogen-bond acceptors (Lipinski definition) is 4. The maximum atomic E-state index is 12.0. The minimum atomic E-state index is 0.303. The van der Waals surface area contributed by atoms with Gasteiger partial charge in [-0.1, -0.05) is 12.6 Å². The molecule has 0 radical (unpaired) electrons. The Kier molecular flexibility index (Phi) is 6.49. The summed E-state index contributed by atoms with van der Waals surface area (Å²) in [5.41, 5.74) is 13.4. The highest BCUT2D eigenvalue weighted by molar-refractivity contribution is 6.10. The first-order chi connectivity index (χ1) is 15.0. The van der Waals surface area contributed by atoms with Crippen LogP contribution in [0.25, 0.3) is 5.57 Å². The monoisotopic (exact) mass is 420 g/mol. The number of hydrogen-bond donors (Lipinski definition) is 1. The van der Waals surface area contributed by atoms with Crippen LogP contribution in [0.15, 0.2) is 35.6 Å². The van der Waals surface area contributed by atoms with Gasteiger partial charge in [0, 0.05) is 54.9 Å². The molecule has 4 rings (SSSR count). The highest BCUT2D eigenvalue weighted by Crippen LogP contribution is 2.38. The number of nitrogens with two attached hydrogens (primary N) is 1. The number of benzene rings is 1. The lowest BCUT2D eigenvalue weighted by Crippen LogP contribution is -2.36. The van der Waals surface area contributed by atoms with Crippen molar-refractivity contribution >= 4 is 23.4 Å². The van der Waals surface area contributed by atoms with Gasteiger partial charge in [0.2, 0.25) is 5.91 Å². The number of rotatable bonds is 8. The van der Waals surface area contributed by atoms with Gasteiger partial charge in [0.25, 0.3) is 0 Å². The SMILES string of the molecule is C=C(C)N1c2ccc(C(C=NC3CC3)=CN)c(CCCN3CCCC3=O)c2CCC1C. The van der Waals surface area contributed by atoms with Crippen LogP contribution in [0.2, 0.25) is 0 Å². The molecule has 5 heteroatoms. The lowest BCUT2D eigenvalue weighted by atomic mass is 9.85. The number of fused-ring (bicyclic) bond motifs is 1. The molecule has 2 N–H and O–H groups in total. The number of anilines is 1. The zero-order valence-corrected chi connectivity index (χ0v) is 19.1. The molecule has 0 aromatic heterocycles. The maximum Gasteiger partial charge on any atom is 0.222 e. The third kappa shape index (κ3) is 4.70. The van der Waals surface area contributed by atoms with Crippen molar-refractivity contribution in [2.45, 2.75) is 77.3 Å². The van der Waals surface area contributed by atoms with E-state index in [9.17, 15) is 4.79 Å². The van der Waals surface area contributed by atoms with Crippen LogP contribution < -0.4 is 10.6 Å². The van der Waals surface area contributed by atoms with Gasteiger partial charge in [-0.15, -0.1) is 0 Å². The molecule has 1 saturated carbocycles. The van der Waals surface area contributed by atoms with Crippen molar-refractivity contribution in [3.63, 3.8) is 0 Å². The predicted octanol–water partition coefficient (Wildman–Crippen LogP) is 4.45. The van der Waals surface area contributed by atoms with E-state index < -0.39 is 0 Å². The molecule has 31 heavy (non-hydrogen) atoms. The minimum Gasteiger partial charge on any atom is -0.404 e. The largest absolute Gasteiger partial charge is 0.404 e. The summed E-state index contributed by atoms with van der Waals surface area (Å²) >= 11 is 0. The minimum absolute atomic E-state index is 0.303. The molecule has 0 spiro atoms. The van der Waals surface area contributed by atoms with Crippen molar-refractivity contribution in [1.82, 2.24) is 4.90 Å². The predicted molar refractivity (Wildman–Crippen MR) is 129 cm³/mol. The molecule has 5 nitrogen and oxygen atoms in total. The highest BCUT2D eigenvalue weighted by Gasteiger charge is 2.28. The summed E-state index contributed by atoms with van der Waals surface area (Å²) in [4.78, 5) is 21.1. The molecule has 1 saturated heterocycles. The summed E-state index contributed by atoms with van der Waals surface area (Å²) in [5, 5.41) is 0. The zero-order chi connectivity index (χ0) is 22.0. The van der Waals surface area contributed by atoms with Crippen LogP contribution in [0.5, 0.6) is 0 Å². The number of nitrogens with zero attached hydrogens (tertiary/aromatic N) is 3. The molecule has 1 atom stereocenters. The van der Waals surface area contributed by atoms with Gasteiger partial charge in [-0.2, -0.15) is 0 Å². The third-order valence-corrected chi connectivity index (χ3v) is 6.82. The fourth-order valence-electron chi connectivity index (χ4n) is 5.04. The van der Waals surface area contributed by atoms with Crippen molar-refractivity contribution < 1.29 is 4.79 Å². The Morgan fingerprint density at radius 3 is 2.74 bits per heavy atom. The average Bonchev–Trinajstić information content (AvgIpc) is 3.49. The molecule has 1 aromatic carbocycles. The summed E-state index contributed by atoms with van der Waals surface area (Å²) in [6.45, 7) is 10.3. The van der Waals surface area contributed by atoms with Crippen LogP contribution in [0, 0.1) is 0 Å². The van der Waals surface area contributed by atoms with Gasteiger partial charge >= 0.3 is 0 Å². The van der Waals surface area contributed by atoms with E-state index in [2.05, 4.69) is 37.5 Å². The van der Waals surface area contributed by atoms with Gasteiger partial charge in [0.15, 0.2) is 0 Å². The van der Waals surface area contributed by atoms with Gasteiger partial charge in [-0.25, -0.2) is 0 Å². The maximum absolute atomic E-state index is 12.0. The van der Waals surface area contributed by atoms with Gasteiger partial charge in [0.05, 0.1) is 6.04 Å². The number of aliphatic imine (C=N–C) groups is 1. The van der Waals surface area contributed by atoms with Crippen molar-refractivity contribution in [2.24, 2.45) is 10.7 Å². The summed E-state index contributed by atoms with van der Waals surface area (Å²) in [6, 6.07) is 5.36. The fraction of sp³-hybridized carbons (Fsp3) is 0.538. The second kappa shape index (κ2) is 9.29. The van der Waals surface area contributed by atoms with Gasteiger partial charge in [-0.3, -0.25) is 9.79 Å². The van der Waals surface area contributed by atoms with Gasteiger partial charge < -0.3 is 15.5 Å². The molecule has 1 aromatic rings. The number of amides is 1. The van der Waals surface area contributed by atoms with Crippen molar-refractivity contribution in [2.75, 3.05) is 18.0 Å². The van der Waals surface area contributed by atoms with Crippen LogP contribution in [0.4, 0.5) is 5.69 Å². The molecule has 1 aliphatic carbocycles. The topological polar surface area (TPSA) is 61.9 Å². The van der Waals surface area contributed by atoms with Crippen molar-refractivity contribution in [3.05, 3.63) is 47.3 Å². The Morgan fingerprint density at radius 2 is 2.10 bits per heavy atom. The molecule has 2 fully saturated rings. The molecular weight excluding hydrogens is 384 g/mol. The molecule has 3 aliphatic rings. The quantitative estimate of drug-likeness (QED) is 0.632. The Bertz CT molecular complexity index is 912. The van der Waals surface area contributed by atoms with E-state index in [0.29, 0.717) is 24.4 Å². The van der Waals surface area contributed by atoms with E-state index in [0.717, 1.165) is 56.5 Å². The van der Waals surface area contributed by atoms with Crippen LogP contribution in [-0.2, 0) is 17.6 Å². The fourth-order valence-corrected chi connectivity index (χ4v) is 5.04. The number of likely N-dealkylation sites (tertiary alicyclic amines) is 1. The summed E-state index contributed by atoms with van der Waals surface area (Å²) in [5.74, 6) is 0.303. The number of allylic oxidation sites excluding steroid dienone is 2. The first kappa shape index (κ1) is 21.7. The van der Waals surface area contributed by atoms with Crippen LogP contribution >= 0.6 is 0 Å². The Labute approximate surface area is 186 Å². The molecule has 1 unspecified atom stereocenters. The lowest BCUT2D eigenvalue weighted by molar-refractivity contribution is -0.127. The van der Waals surface area contributed by atoms with Crippen LogP contribution in [0.1, 0.15) is 69.1 Å². The summed E-state index contributed by atoms with van der Waals surface area (Å²) < 4.78 is 0. The van der Waals surface area contributed by atoms with Crippen molar-refractivity contribution in [3.8, 4) is 0 Å². The van der Waals surface area contributed by atoms with Crippen molar-refractivity contribution in [1.29, 1.82) is 0 Å². The number of carbonyl (C=O) groups is 1. The summed E-state index contributed by atoms with van der Waals surface area (Å²) in [6.07, 6.45) is 11.8. The highest BCUT2D eigenvalue weighted by atomic mass is 16.2. The van der Waals surface area contributed by atoms with E-state index in [1.165, 1.54) is 35.2 Å². The zero-order valence-electron chi connectivity index (χ0n) is 19.1. The average molecular weight is 421 g/mol. The lowest BCUT2D eigenvalue weighted by Gasteiger charge is -2.39. The Balaban J connectivity index is 1.66. The van der Waals surface area contributed by atoms with E-state index in [4.69, 9.17) is 10.7 Å². The smallest absolute Gasteiger partial charge is 0.222 e. The Morgan fingerprint density at radius 1 is 1.29 bits per heavy atom.